The number of rotatable bonds is 15. The van der Waals surface area contributed by atoms with Crippen LogP contribution in [-0.2, 0) is 4.74 Å². The lowest BCUT2D eigenvalue weighted by molar-refractivity contribution is 0.143. The summed E-state index contributed by atoms with van der Waals surface area (Å²) in [6, 6.07) is 1.84. The number of nitrogens with two attached hydrogens (primary N) is 1. The first-order valence-corrected chi connectivity index (χ1v) is 9.35. The van der Waals surface area contributed by atoms with Crippen molar-refractivity contribution in [3.8, 4) is 0 Å². The molecule has 0 radical (unpaired) electrons. The molecule has 1 aromatic heterocycles. The van der Waals surface area contributed by atoms with E-state index in [1.165, 1.54) is 6.20 Å². The molecule has 0 aliphatic rings. The summed E-state index contributed by atoms with van der Waals surface area (Å²) in [5, 5.41) is 10.1. The number of allylic oxidation sites excluding steroid dienone is 4. The van der Waals surface area contributed by atoms with E-state index in [1.807, 2.05) is 37.4 Å². The van der Waals surface area contributed by atoms with Gasteiger partial charge in [0.25, 0.3) is 0 Å². The van der Waals surface area contributed by atoms with Crippen molar-refractivity contribution < 1.29 is 9.13 Å². The van der Waals surface area contributed by atoms with E-state index in [0.29, 0.717) is 26.3 Å². The Labute approximate surface area is 166 Å². The monoisotopic (exact) mass is 390 g/mol. The fourth-order valence-electron chi connectivity index (χ4n) is 2.25. The van der Waals surface area contributed by atoms with Crippen molar-refractivity contribution in [3.63, 3.8) is 0 Å². The zero-order chi connectivity index (χ0) is 20.5. The normalized spacial score (nSPS) is 14.1. The van der Waals surface area contributed by atoms with Gasteiger partial charge in [0, 0.05) is 38.4 Å². The van der Waals surface area contributed by atoms with Crippen LogP contribution in [0.1, 0.15) is 19.8 Å². The minimum absolute atomic E-state index is 0.436. The van der Waals surface area contributed by atoms with E-state index in [0.717, 1.165) is 24.9 Å². The maximum absolute atomic E-state index is 14.3. The van der Waals surface area contributed by atoms with E-state index in [-0.39, 0.29) is 0 Å². The number of ether oxygens (including phenoxy) is 1. The van der Waals surface area contributed by atoms with Crippen LogP contribution in [0, 0.1) is 0 Å². The number of nitrogens with one attached hydrogen (secondary N) is 2. The first-order valence-electron chi connectivity index (χ1n) is 9.35. The Bertz CT molecular complexity index is 652. The summed E-state index contributed by atoms with van der Waals surface area (Å²) < 4.78 is 21.3. The molecular weight excluding hydrogens is 359 g/mol. The van der Waals surface area contributed by atoms with Crippen molar-refractivity contribution in [2.45, 2.75) is 25.9 Å². The molecule has 0 aliphatic heterocycles. The van der Waals surface area contributed by atoms with Crippen LogP contribution in [-0.4, -0.2) is 48.6 Å². The summed E-state index contributed by atoms with van der Waals surface area (Å²) in [5.41, 5.74) is 6.17. The minimum atomic E-state index is -0.797. The largest absolute Gasteiger partial charge is 0.390 e. The summed E-state index contributed by atoms with van der Waals surface area (Å²) in [6.45, 7) is 8.13. The number of aromatic nitrogens is 2. The third kappa shape index (κ3) is 9.84. The molecular formula is C20H31FN6O. The van der Waals surface area contributed by atoms with Gasteiger partial charge in [-0.25, -0.2) is 14.1 Å². The highest BCUT2D eigenvalue weighted by Crippen LogP contribution is 2.06. The molecule has 0 bridgehead atoms. The molecule has 8 heteroatoms. The van der Waals surface area contributed by atoms with Crippen LogP contribution < -0.4 is 16.4 Å². The lowest BCUT2D eigenvalue weighted by Crippen LogP contribution is -2.30. The zero-order valence-corrected chi connectivity index (χ0v) is 16.4. The molecule has 0 aliphatic carbocycles. The van der Waals surface area contributed by atoms with Crippen LogP contribution >= 0.6 is 0 Å². The van der Waals surface area contributed by atoms with E-state index in [1.54, 1.807) is 17.0 Å². The Morgan fingerprint density at radius 1 is 1.46 bits per heavy atom. The molecule has 1 atom stereocenters. The standard InChI is InChI=1S/C20H31FN6O/c1-3-9-18(27-14-8-13-26-27)10-7-11-23-16-19(21)20(25-17-22)24-12-5-6-15-28-4-2/h3,7-10,13-14,16-17,20,23-24H,1,4-6,11-12,15H2,2H3,(H2,22,25)/b10-7+,18-9+,19-16-. The average molecular weight is 391 g/mol. The summed E-state index contributed by atoms with van der Waals surface area (Å²) in [6.07, 6.45) is 14.2. The molecule has 0 fully saturated rings. The van der Waals surface area contributed by atoms with Crippen LogP contribution in [0.25, 0.3) is 5.70 Å². The summed E-state index contributed by atoms with van der Waals surface area (Å²) >= 11 is 0. The highest BCUT2D eigenvalue weighted by Gasteiger charge is 2.10. The van der Waals surface area contributed by atoms with E-state index >= 15 is 0 Å². The van der Waals surface area contributed by atoms with Gasteiger partial charge in [-0.2, -0.15) is 5.10 Å². The van der Waals surface area contributed by atoms with E-state index in [4.69, 9.17) is 10.5 Å². The van der Waals surface area contributed by atoms with Crippen LogP contribution in [0.3, 0.4) is 0 Å². The van der Waals surface area contributed by atoms with Gasteiger partial charge in [0.15, 0.2) is 12.0 Å². The second-order valence-corrected chi connectivity index (χ2v) is 5.68. The van der Waals surface area contributed by atoms with Gasteiger partial charge in [0.2, 0.25) is 0 Å². The molecule has 0 spiro atoms. The Balaban J connectivity index is 2.44. The molecule has 7 nitrogen and oxygen atoms in total. The average Bonchev–Trinajstić information content (AvgIpc) is 3.23. The van der Waals surface area contributed by atoms with E-state index in [2.05, 4.69) is 27.3 Å². The van der Waals surface area contributed by atoms with E-state index < -0.39 is 12.0 Å². The Morgan fingerprint density at radius 3 is 3.00 bits per heavy atom. The number of halogens is 1. The fraction of sp³-hybridized carbons (Fsp3) is 0.400. The molecule has 0 saturated heterocycles. The lowest BCUT2D eigenvalue weighted by Gasteiger charge is -2.12. The molecule has 4 N–H and O–H groups in total. The Morgan fingerprint density at radius 2 is 2.32 bits per heavy atom. The fourth-order valence-corrected chi connectivity index (χ4v) is 2.25. The van der Waals surface area contributed by atoms with Gasteiger partial charge in [-0.15, -0.1) is 0 Å². The highest BCUT2D eigenvalue weighted by molar-refractivity contribution is 5.57. The second kappa shape index (κ2) is 15.4. The van der Waals surface area contributed by atoms with Gasteiger partial charge in [-0.1, -0.05) is 18.7 Å². The van der Waals surface area contributed by atoms with E-state index in [9.17, 15) is 4.39 Å². The summed E-state index contributed by atoms with van der Waals surface area (Å²) in [5.74, 6) is -0.436. The molecule has 0 aromatic carbocycles. The predicted molar refractivity (Wildman–Crippen MR) is 113 cm³/mol. The molecule has 1 rings (SSSR count). The SMILES string of the molecule is C=C/C=C(\C=C\CN/C=C(\F)C(/N=C\N)NCCCCOCC)n1cccn1. The topological polar surface area (TPSA) is 89.5 Å². The number of hydrogen-bond acceptors (Lipinski definition) is 5. The van der Waals surface area contributed by atoms with Crippen LogP contribution in [0.4, 0.5) is 4.39 Å². The van der Waals surface area contributed by atoms with Gasteiger partial charge in [0.05, 0.1) is 12.0 Å². The first kappa shape index (κ1) is 23.3. The molecule has 154 valence electrons. The number of aliphatic imine (C=N–C) groups is 1. The minimum Gasteiger partial charge on any atom is -0.390 e. The van der Waals surface area contributed by atoms with Crippen molar-refractivity contribution in [3.05, 3.63) is 61.4 Å². The van der Waals surface area contributed by atoms with Crippen LogP contribution in [0.15, 0.2) is 66.4 Å². The van der Waals surface area contributed by atoms with Gasteiger partial charge in [-0.05, 0) is 44.5 Å². The van der Waals surface area contributed by atoms with Crippen molar-refractivity contribution in [2.75, 3.05) is 26.3 Å². The Hall–Kier alpha value is -2.71. The number of hydrogen-bond donors (Lipinski definition) is 3. The number of unbranched alkanes of at least 4 members (excludes halogenated alkanes) is 1. The van der Waals surface area contributed by atoms with Crippen molar-refractivity contribution in [1.29, 1.82) is 0 Å². The highest BCUT2D eigenvalue weighted by atomic mass is 19.1. The molecule has 0 saturated carbocycles. The van der Waals surface area contributed by atoms with Gasteiger partial charge in [0.1, 0.15) is 0 Å². The first-order chi connectivity index (χ1) is 13.7. The molecule has 0 amide bonds. The third-order valence-corrected chi connectivity index (χ3v) is 3.58. The third-order valence-electron chi connectivity index (χ3n) is 3.58. The molecule has 1 unspecified atom stereocenters. The van der Waals surface area contributed by atoms with Crippen molar-refractivity contribution in [1.82, 2.24) is 20.4 Å². The maximum Gasteiger partial charge on any atom is 0.155 e. The van der Waals surface area contributed by atoms with Gasteiger partial charge >= 0.3 is 0 Å². The molecule has 28 heavy (non-hydrogen) atoms. The molecule has 1 heterocycles. The summed E-state index contributed by atoms with van der Waals surface area (Å²) in [4.78, 5) is 3.92. The number of nitrogens with zero attached hydrogens (tertiary/aromatic N) is 3. The summed E-state index contributed by atoms with van der Waals surface area (Å²) in [7, 11) is 0. The lowest BCUT2D eigenvalue weighted by atomic mass is 10.3. The quantitative estimate of drug-likeness (QED) is 0.185. The maximum atomic E-state index is 14.3. The van der Waals surface area contributed by atoms with Crippen molar-refractivity contribution >= 4 is 12.0 Å². The van der Waals surface area contributed by atoms with Crippen LogP contribution in [0.5, 0.6) is 0 Å². The second-order valence-electron chi connectivity index (χ2n) is 5.68. The van der Waals surface area contributed by atoms with Crippen molar-refractivity contribution in [2.24, 2.45) is 10.7 Å². The van der Waals surface area contributed by atoms with Gasteiger partial charge < -0.3 is 15.8 Å². The Kier molecular flexibility index (Phi) is 12.8. The zero-order valence-electron chi connectivity index (χ0n) is 16.4. The predicted octanol–water partition coefficient (Wildman–Crippen LogP) is 2.59. The smallest absolute Gasteiger partial charge is 0.155 e. The van der Waals surface area contributed by atoms with Gasteiger partial charge in [-0.3, -0.25) is 5.32 Å². The van der Waals surface area contributed by atoms with Crippen LogP contribution in [0.2, 0.25) is 0 Å². The molecule has 1 aromatic rings.